The maximum atomic E-state index is 5.94. The van der Waals surface area contributed by atoms with E-state index >= 15 is 0 Å². The standard InChI is InChI=1S/C66H55NO/c1-63(2,3)49-27-32-54-55-34-29-53(43-61(55)66(59(54)40-49,47-23-15-9-16-24-47)48-25-17-10-18-26-48)67(51-31-36-62-44(39-51)37-38-68-62)52-30-35-58-57(42-52)56-33-28-50(64(4,5)6)41-60(56)65(58,45-19-11-7-12-20-45)46-21-13-8-14-22-46/h7-43H,1-6H3. The van der Waals surface area contributed by atoms with Crippen LogP contribution in [0.5, 0.6) is 0 Å². The third kappa shape index (κ3) is 6.23. The minimum absolute atomic E-state index is 0.0320. The second-order valence-electron chi connectivity index (χ2n) is 20.9. The number of furan rings is 1. The highest BCUT2D eigenvalue weighted by atomic mass is 16.3. The van der Waals surface area contributed by atoms with Crippen LogP contribution in [0.2, 0.25) is 0 Å². The molecule has 0 N–H and O–H groups in total. The largest absolute Gasteiger partial charge is 0.464 e. The van der Waals surface area contributed by atoms with E-state index in [-0.39, 0.29) is 10.8 Å². The molecule has 2 aliphatic rings. The minimum Gasteiger partial charge on any atom is -0.464 e. The van der Waals surface area contributed by atoms with Crippen LogP contribution >= 0.6 is 0 Å². The van der Waals surface area contributed by atoms with Crippen LogP contribution in [0.3, 0.4) is 0 Å². The predicted molar refractivity (Wildman–Crippen MR) is 283 cm³/mol. The van der Waals surface area contributed by atoms with E-state index in [0.29, 0.717) is 0 Å². The Morgan fingerprint density at radius 2 is 0.735 bits per heavy atom. The van der Waals surface area contributed by atoms with Crippen molar-refractivity contribution in [3.05, 3.63) is 280 Å². The monoisotopic (exact) mass is 877 g/mol. The Morgan fingerprint density at radius 1 is 0.338 bits per heavy atom. The van der Waals surface area contributed by atoms with Crippen molar-refractivity contribution >= 4 is 28.0 Å². The van der Waals surface area contributed by atoms with Crippen LogP contribution < -0.4 is 4.90 Å². The predicted octanol–water partition coefficient (Wildman–Crippen LogP) is 17.2. The number of nitrogens with zero attached hydrogens (tertiary/aromatic N) is 1. The zero-order valence-corrected chi connectivity index (χ0v) is 39.7. The van der Waals surface area contributed by atoms with Gasteiger partial charge in [0.05, 0.1) is 17.1 Å². The molecule has 2 aliphatic carbocycles. The molecule has 0 fully saturated rings. The van der Waals surface area contributed by atoms with Gasteiger partial charge >= 0.3 is 0 Å². The number of anilines is 3. The molecule has 9 aromatic carbocycles. The second-order valence-corrected chi connectivity index (χ2v) is 20.9. The van der Waals surface area contributed by atoms with Gasteiger partial charge in [0, 0.05) is 22.4 Å². The van der Waals surface area contributed by atoms with E-state index in [1.807, 2.05) is 0 Å². The maximum absolute atomic E-state index is 5.94. The van der Waals surface area contributed by atoms with Crippen molar-refractivity contribution in [1.82, 2.24) is 0 Å². The lowest BCUT2D eigenvalue weighted by molar-refractivity contribution is 0.587. The molecule has 0 amide bonds. The summed E-state index contributed by atoms with van der Waals surface area (Å²) in [4.78, 5) is 2.46. The SMILES string of the molecule is CC(C)(C)c1ccc2c(c1)C(c1ccccc1)(c1ccccc1)c1ccc(N(c3ccc4c(c3)C(c3ccccc3)(c3ccccc3)c3cc(C(C)(C)C)ccc3-4)c3ccc4occc4c3)cc1-2. The number of benzene rings is 9. The number of fused-ring (bicyclic) bond motifs is 7. The van der Waals surface area contributed by atoms with E-state index in [4.69, 9.17) is 4.42 Å². The fourth-order valence-corrected chi connectivity index (χ4v) is 11.7. The van der Waals surface area contributed by atoms with Gasteiger partial charge in [0.2, 0.25) is 0 Å². The van der Waals surface area contributed by atoms with Crippen molar-refractivity contribution in [2.75, 3.05) is 4.90 Å². The van der Waals surface area contributed by atoms with Gasteiger partial charge in [-0.1, -0.05) is 211 Å². The summed E-state index contributed by atoms with van der Waals surface area (Å²) in [7, 11) is 0. The molecule has 2 nitrogen and oxygen atoms in total. The van der Waals surface area contributed by atoms with E-state index in [9.17, 15) is 0 Å². The smallest absolute Gasteiger partial charge is 0.133 e. The molecule has 0 spiro atoms. The minimum atomic E-state index is -0.572. The molecule has 0 saturated heterocycles. The fraction of sp³-hybridized carbons (Fsp3) is 0.152. The zero-order valence-electron chi connectivity index (χ0n) is 39.7. The van der Waals surface area contributed by atoms with Crippen molar-refractivity contribution in [2.45, 2.75) is 63.2 Å². The van der Waals surface area contributed by atoms with Crippen molar-refractivity contribution in [1.29, 1.82) is 0 Å². The number of hydrogen-bond acceptors (Lipinski definition) is 2. The van der Waals surface area contributed by atoms with Gasteiger partial charge < -0.3 is 9.32 Å². The second kappa shape index (κ2) is 15.4. The lowest BCUT2D eigenvalue weighted by atomic mass is 9.67. The molecule has 68 heavy (non-hydrogen) atoms. The molecule has 0 saturated carbocycles. The van der Waals surface area contributed by atoms with E-state index in [2.05, 4.69) is 265 Å². The number of hydrogen-bond donors (Lipinski definition) is 0. The van der Waals surface area contributed by atoms with Crippen LogP contribution in [-0.4, -0.2) is 0 Å². The number of rotatable bonds is 7. The highest BCUT2D eigenvalue weighted by molar-refractivity contribution is 5.94. The third-order valence-electron chi connectivity index (χ3n) is 15.0. The van der Waals surface area contributed by atoms with Crippen LogP contribution in [-0.2, 0) is 21.7 Å². The van der Waals surface area contributed by atoms with Gasteiger partial charge in [-0.05, 0) is 137 Å². The fourth-order valence-electron chi connectivity index (χ4n) is 11.7. The first-order chi connectivity index (χ1) is 33.0. The van der Waals surface area contributed by atoms with Crippen molar-refractivity contribution in [3.63, 3.8) is 0 Å². The van der Waals surface area contributed by atoms with Crippen LogP contribution in [0.25, 0.3) is 33.2 Å². The van der Waals surface area contributed by atoms with Crippen LogP contribution in [0.4, 0.5) is 17.1 Å². The maximum Gasteiger partial charge on any atom is 0.133 e. The van der Waals surface area contributed by atoms with Gasteiger partial charge in [0.15, 0.2) is 0 Å². The zero-order chi connectivity index (χ0) is 46.4. The van der Waals surface area contributed by atoms with Gasteiger partial charge in [-0.15, -0.1) is 0 Å². The van der Waals surface area contributed by atoms with E-state index in [1.54, 1.807) is 6.26 Å². The molecule has 330 valence electrons. The molecule has 0 bridgehead atoms. The van der Waals surface area contributed by atoms with Gasteiger partial charge in [-0.3, -0.25) is 0 Å². The first kappa shape index (κ1) is 41.7. The Bertz CT molecular complexity index is 3440. The van der Waals surface area contributed by atoms with Gasteiger partial charge in [0.25, 0.3) is 0 Å². The molecule has 0 aliphatic heterocycles. The quantitative estimate of drug-likeness (QED) is 0.159. The van der Waals surface area contributed by atoms with E-state index < -0.39 is 10.8 Å². The summed E-state index contributed by atoms with van der Waals surface area (Å²) in [6.45, 7) is 13.9. The Morgan fingerprint density at radius 3 is 1.24 bits per heavy atom. The molecule has 2 heteroatoms. The first-order valence-electron chi connectivity index (χ1n) is 24.1. The van der Waals surface area contributed by atoms with Crippen LogP contribution in [0.1, 0.15) is 97.2 Å². The summed E-state index contributed by atoms with van der Waals surface area (Å²) in [5, 5.41) is 1.06. The normalized spacial score (nSPS) is 14.3. The highest BCUT2D eigenvalue weighted by Gasteiger charge is 2.49. The van der Waals surface area contributed by atoms with Gasteiger partial charge in [-0.25, -0.2) is 0 Å². The Labute approximate surface area is 401 Å². The first-order valence-corrected chi connectivity index (χ1v) is 24.1. The van der Waals surface area contributed by atoms with Crippen molar-refractivity contribution in [3.8, 4) is 22.3 Å². The molecule has 1 aromatic heterocycles. The average Bonchev–Trinajstić information content (AvgIpc) is 4.04. The molecule has 10 aromatic rings. The lowest BCUT2D eigenvalue weighted by Crippen LogP contribution is -2.29. The van der Waals surface area contributed by atoms with E-state index in [0.717, 1.165) is 28.0 Å². The molecule has 0 atom stereocenters. The summed E-state index contributed by atoms with van der Waals surface area (Å²) in [5.41, 5.74) is 20.9. The molecule has 0 radical (unpaired) electrons. The molecular formula is C66H55NO. The summed E-state index contributed by atoms with van der Waals surface area (Å²) >= 11 is 0. The summed E-state index contributed by atoms with van der Waals surface area (Å²) in [6.07, 6.45) is 1.79. The van der Waals surface area contributed by atoms with Crippen molar-refractivity contribution in [2.24, 2.45) is 0 Å². The van der Waals surface area contributed by atoms with Gasteiger partial charge in [-0.2, -0.15) is 0 Å². The van der Waals surface area contributed by atoms with Crippen LogP contribution in [0, 0.1) is 0 Å². The Hall–Kier alpha value is -7.68. The van der Waals surface area contributed by atoms with Gasteiger partial charge in [0.1, 0.15) is 5.58 Å². The average molecular weight is 878 g/mol. The Balaban J connectivity index is 1.14. The molecule has 1 heterocycles. The Kier molecular flexibility index (Phi) is 9.47. The van der Waals surface area contributed by atoms with Crippen molar-refractivity contribution < 1.29 is 4.42 Å². The summed E-state index contributed by atoms with van der Waals surface area (Å²) in [5.74, 6) is 0. The lowest BCUT2D eigenvalue weighted by Gasteiger charge is -2.36. The van der Waals surface area contributed by atoms with Crippen LogP contribution in [0.15, 0.2) is 229 Å². The third-order valence-corrected chi connectivity index (χ3v) is 15.0. The molecule has 0 unspecified atom stereocenters. The molecule has 12 rings (SSSR count). The summed E-state index contributed by atoms with van der Waals surface area (Å²) in [6, 6.07) is 82.1. The summed E-state index contributed by atoms with van der Waals surface area (Å²) < 4.78 is 5.94. The topological polar surface area (TPSA) is 16.4 Å². The molecular weight excluding hydrogens is 823 g/mol. The highest BCUT2D eigenvalue weighted by Crippen LogP contribution is 2.60. The van der Waals surface area contributed by atoms with E-state index in [1.165, 1.54) is 77.9 Å².